The van der Waals surface area contributed by atoms with Gasteiger partial charge in [-0.25, -0.2) is 4.79 Å². The van der Waals surface area contributed by atoms with Crippen molar-refractivity contribution in [3.05, 3.63) is 63.5 Å². The Morgan fingerprint density at radius 3 is 2.60 bits per heavy atom. The second-order valence-electron chi connectivity index (χ2n) is 5.37. The summed E-state index contributed by atoms with van der Waals surface area (Å²) in [7, 11) is 0. The summed E-state index contributed by atoms with van der Waals surface area (Å²) < 4.78 is 0. The quantitative estimate of drug-likeness (QED) is 0.562. The van der Waals surface area contributed by atoms with E-state index in [1.807, 2.05) is 0 Å². The first-order chi connectivity index (χ1) is 12.0. The minimum absolute atomic E-state index is 0.109. The zero-order valence-corrected chi connectivity index (χ0v) is 13.8. The van der Waals surface area contributed by atoms with Crippen molar-refractivity contribution in [3.63, 3.8) is 0 Å². The molecule has 1 heterocycles. The number of amides is 2. The zero-order valence-electron chi connectivity index (χ0n) is 13.1. The molecule has 2 amide bonds. The Hall–Kier alpha value is -3.06. The van der Waals surface area contributed by atoms with Crippen LogP contribution in [0.2, 0.25) is 5.02 Å². The number of hydrogen-bond acceptors (Lipinski definition) is 3. The van der Waals surface area contributed by atoms with Gasteiger partial charge in [-0.05, 0) is 30.3 Å². The van der Waals surface area contributed by atoms with Crippen LogP contribution in [0, 0.1) is 0 Å². The molecule has 0 aliphatic rings. The predicted octanol–water partition coefficient (Wildman–Crippen LogP) is 2.27. The first-order valence-corrected chi connectivity index (χ1v) is 7.95. The van der Waals surface area contributed by atoms with E-state index in [1.165, 1.54) is 0 Å². The molecule has 0 atom stereocenters. The predicted molar refractivity (Wildman–Crippen MR) is 96.0 cm³/mol. The Labute approximate surface area is 147 Å². The van der Waals surface area contributed by atoms with Gasteiger partial charge in [0, 0.05) is 18.7 Å². The summed E-state index contributed by atoms with van der Waals surface area (Å²) in [5, 5.41) is 5.73. The number of aromatic nitrogens is 2. The highest BCUT2D eigenvalue weighted by molar-refractivity contribution is 6.33. The third-order valence-electron chi connectivity index (χ3n) is 3.56. The second kappa shape index (κ2) is 7.23. The molecule has 2 aromatic carbocycles. The van der Waals surface area contributed by atoms with Gasteiger partial charge in [0.1, 0.15) is 0 Å². The summed E-state index contributed by atoms with van der Waals surface area (Å²) in [5.74, 6) is -0.582. The lowest BCUT2D eigenvalue weighted by atomic mass is 10.2. The molecule has 1 aromatic heterocycles. The normalized spacial score (nSPS) is 10.6. The van der Waals surface area contributed by atoms with Gasteiger partial charge in [0.2, 0.25) is 5.91 Å². The van der Waals surface area contributed by atoms with E-state index in [-0.39, 0.29) is 30.5 Å². The van der Waals surface area contributed by atoms with Crippen molar-refractivity contribution in [1.29, 1.82) is 0 Å². The summed E-state index contributed by atoms with van der Waals surface area (Å²) in [6, 6.07) is 11.7. The second-order valence-corrected chi connectivity index (χ2v) is 5.78. The number of imidazole rings is 1. The number of H-pyrrole nitrogens is 2. The highest BCUT2D eigenvalue weighted by Crippen LogP contribution is 2.15. The monoisotopic (exact) mass is 358 g/mol. The molecule has 7 nitrogen and oxygen atoms in total. The average Bonchev–Trinajstić information content (AvgIpc) is 2.94. The van der Waals surface area contributed by atoms with Crippen LogP contribution < -0.4 is 16.3 Å². The Bertz CT molecular complexity index is 993. The van der Waals surface area contributed by atoms with E-state index in [4.69, 9.17) is 11.6 Å². The summed E-state index contributed by atoms with van der Waals surface area (Å²) in [6.07, 6.45) is 0.109. The first kappa shape index (κ1) is 16.8. The van der Waals surface area contributed by atoms with Crippen molar-refractivity contribution in [2.45, 2.75) is 6.42 Å². The van der Waals surface area contributed by atoms with Crippen molar-refractivity contribution in [2.24, 2.45) is 0 Å². The fourth-order valence-electron chi connectivity index (χ4n) is 2.36. The number of halogens is 1. The summed E-state index contributed by atoms with van der Waals surface area (Å²) in [6.45, 7) is 0.180. The molecule has 0 aliphatic carbocycles. The Morgan fingerprint density at radius 1 is 1.04 bits per heavy atom. The van der Waals surface area contributed by atoms with Crippen molar-refractivity contribution >= 4 is 40.1 Å². The van der Waals surface area contributed by atoms with Crippen LogP contribution in [-0.4, -0.2) is 28.3 Å². The third-order valence-corrected chi connectivity index (χ3v) is 3.89. The summed E-state index contributed by atoms with van der Waals surface area (Å²) in [4.78, 5) is 40.4. The first-order valence-electron chi connectivity index (χ1n) is 7.57. The Balaban J connectivity index is 1.53. The minimum atomic E-state index is -0.329. The highest BCUT2D eigenvalue weighted by atomic mass is 35.5. The van der Waals surface area contributed by atoms with Gasteiger partial charge in [-0.3, -0.25) is 9.59 Å². The van der Waals surface area contributed by atoms with Crippen LogP contribution in [0.15, 0.2) is 47.3 Å². The van der Waals surface area contributed by atoms with Crippen molar-refractivity contribution in [2.75, 3.05) is 11.9 Å². The van der Waals surface area contributed by atoms with Gasteiger partial charge in [-0.2, -0.15) is 0 Å². The van der Waals surface area contributed by atoms with Crippen molar-refractivity contribution < 1.29 is 9.59 Å². The minimum Gasteiger partial charge on any atom is -0.351 e. The maximum Gasteiger partial charge on any atom is 0.323 e. The summed E-state index contributed by atoms with van der Waals surface area (Å²) >= 11 is 5.95. The number of aromatic amines is 2. The van der Waals surface area contributed by atoms with Crippen LogP contribution in [0.1, 0.15) is 16.8 Å². The maximum atomic E-state index is 12.0. The fourth-order valence-corrected chi connectivity index (χ4v) is 2.59. The largest absolute Gasteiger partial charge is 0.351 e. The Kier molecular flexibility index (Phi) is 4.85. The average molecular weight is 359 g/mol. The molecule has 0 radical (unpaired) electrons. The number of hydrogen-bond donors (Lipinski definition) is 4. The number of carbonyl (C=O) groups is 2. The van der Waals surface area contributed by atoms with E-state index in [1.54, 1.807) is 42.5 Å². The molecule has 3 rings (SSSR count). The number of rotatable bonds is 5. The van der Waals surface area contributed by atoms with Crippen LogP contribution in [0.5, 0.6) is 0 Å². The number of anilines is 1. The van der Waals surface area contributed by atoms with Gasteiger partial charge in [0.15, 0.2) is 0 Å². The van der Waals surface area contributed by atoms with E-state index in [0.717, 1.165) is 0 Å². The van der Waals surface area contributed by atoms with Gasteiger partial charge < -0.3 is 20.6 Å². The molecule has 0 aliphatic heterocycles. The van der Waals surface area contributed by atoms with E-state index >= 15 is 0 Å². The van der Waals surface area contributed by atoms with E-state index in [0.29, 0.717) is 27.3 Å². The molecule has 0 unspecified atom stereocenters. The van der Waals surface area contributed by atoms with Gasteiger partial charge >= 0.3 is 5.69 Å². The van der Waals surface area contributed by atoms with Gasteiger partial charge in [0.25, 0.3) is 5.91 Å². The van der Waals surface area contributed by atoms with Crippen LogP contribution in [0.4, 0.5) is 5.69 Å². The molecular formula is C17H15ClN4O3. The highest BCUT2D eigenvalue weighted by Gasteiger charge is 2.10. The van der Waals surface area contributed by atoms with Gasteiger partial charge in [-0.15, -0.1) is 0 Å². The van der Waals surface area contributed by atoms with E-state index in [2.05, 4.69) is 20.6 Å². The third kappa shape index (κ3) is 4.07. The van der Waals surface area contributed by atoms with E-state index in [9.17, 15) is 14.4 Å². The lowest BCUT2D eigenvalue weighted by Crippen LogP contribution is -2.27. The molecule has 0 saturated carbocycles. The fraction of sp³-hybridized carbons (Fsp3) is 0.118. The van der Waals surface area contributed by atoms with Crippen molar-refractivity contribution in [3.8, 4) is 0 Å². The number of benzene rings is 2. The molecule has 0 bridgehead atoms. The lowest BCUT2D eigenvalue weighted by Gasteiger charge is -2.08. The van der Waals surface area contributed by atoms with Crippen LogP contribution >= 0.6 is 11.6 Å². The molecular weight excluding hydrogens is 344 g/mol. The molecule has 128 valence electrons. The molecule has 0 saturated heterocycles. The molecule has 3 aromatic rings. The van der Waals surface area contributed by atoms with Gasteiger partial charge in [0.05, 0.1) is 21.6 Å². The number of fused-ring (bicyclic) bond motifs is 1. The smallest absolute Gasteiger partial charge is 0.323 e. The van der Waals surface area contributed by atoms with Crippen molar-refractivity contribution in [1.82, 2.24) is 15.3 Å². The summed E-state index contributed by atoms with van der Waals surface area (Å²) in [5.41, 5.74) is 1.89. The van der Waals surface area contributed by atoms with Gasteiger partial charge in [-0.1, -0.05) is 23.7 Å². The molecule has 4 N–H and O–H groups in total. The maximum absolute atomic E-state index is 12.0. The number of carbonyl (C=O) groups excluding carboxylic acids is 2. The molecule has 0 spiro atoms. The van der Waals surface area contributed by atoms with Crippen LogP contribution in [-0.2, 0) is 4.79 Å². The van der Waals surface area contributed by atoms with E-state index < -0.39 is 0 Å². The Morgan fingerprint density at radius 2 is 1.80 bits per heavy atom. The van der Waals surface area contributed by atoms with Crippen LogP contribution in [0.25, 0.3) is 11.0 Å². The molecule has 8 heteroatoms. The number of nitrogens with one attached hydrogen (secondary N) is 4. The van der Waals surface area contributed by atoms with Crippen LogP contribution in [0.3, 0.4) is 0 Å². The standard InChI is InChI=1S/C17H15ClN4O3/c18-12-4-2-1-3-11(12)16(24)19-8-7-15(23)20-10-5-6-13-14(9-10)22-17(25)21-13/h1-6,9H,7-8H2,(H,19,24)(H,20,23)(H2,21,22,25). The molecule has 25 heavy (non-hydrogen) atoms. The topological polar surface area (TPSA) is 107 Å². The lowest BCUT2D eigenvalue weighted by molar-refractivity contribution is -0.116. The zero-order chi connectivity index (χ0) is 17.8. The SMILES string of the molecule is O=C(CCNC(=O)c1ccccc1Cl)Nc1ccc2[nH]c(=O)[nH]c2c1. The molecule has 0 fully saturated rings.